The molecule has 1 N–H and O–H groups in total. The third-order valence-corrected chi connectivity index (χ3v) is 5.86. The van der Waals surface area contributed by atoms with Crippen molar-refractivity contribution in [2.45, 2.75) is 26.3 Å². The molecule has 3 aromatic rings. The van der Waals surface area contributed by atoms with Gasteiger partial charge in [0.2, 0.25) is 0 Å². The summed E-state index contributed by atoms with van der Waals surface area (Å²) in [4.78, 5) is 18.6. The van der Waals surface area contributed by atoms with E-state index in [1.165, 1.54) is 21.6 Å². The van der Waals surface area contributed by atoms with Crippen LogP contribution in [0.3, 0.4) is 0 Å². The third-order valence-electron chi connectivity index (χ3n) is 4.72. The third kappa shape index (κ3) is 3.28. The lowest BCUT2D eigenvalue weighted by molar-refractivity contribution is 0.0992. The van der Waals surface area contributed by atoms with Crippen molar-refractivity contribution in [3.05, 3.63) is 75.2 Å². The normalized spacial score (nSPS) is 13.5. The summed E-state index contributed by atoms with van der Waals surface area (Å²) in [5.74, 6) is 0.118. The lowest BCUT2D eigenvalue weighted by Gasteiger charge is -2.11. The summed E-state index contributed by atoms with van der Waals surface area (Å²) in [7, 11) is 0. The number of benzene rings is 2. The van der Waals surface area contributed by atoms with Crippen molar-refractivity contribution in [3.63, 3.8) is 0 Å². The molecule has 0 amide bonds. The van der Waals surface area contributed by atoms with Crippen molar-refractivity contribution in [1.29, 1.82) is 0 Å². The number of Topliss-reactive ketones (excluding diaryl/α,β-unsaturated/α-hetero) is 1. The van der Waals surface area contributed by atoms with Gasteiger partial charge in [0.15, 0.2) is 10.8 Å². The Morgan fingerprint density at radius 3 is 2.80 bits per heavy atom. The molecule has 0 bridgehead atoms. The Hall–Kier alpha value is -2.30. The second-order valence-electron chi connectivity index (χ2n) is 6.37. The molecule has 1 aliphatic heterocycles. The molecular formula is C21H20N2OS. The SMILES string of the molecule is Cc1c(CC(=O)c2nc3c(s2)CNCC3)cccc1-c1ccccc1. The topological polar surface area (TPSA) is 42.0 Å². The molecule has 0 aliphatic carbocycles. The number of hydrogen-bond acceptors (Lipinski definition) is 4. The Bertz CT molecular complexity index is 891. The summed E-state index contributed by atoms with van der Waals surface area (Å²) in [6.45, 7) is 3.88. The maximum Gasteiger partial charge on any atom is 0.195 e. The Morgan fingerprint density at radius 1 is 1.16 bits per heavy atom. The van der Waals surface area contributed by atoms with E-state index >= 15 is 0 Å². The number of nitrogens with zero attached hydrogens (tertiary/aromatic N) is 1. The summed E-state index contributed by atoms with van der Waals surface area (Å²) < 4.78 is 0. The average Bonchev–Trinajstić information content (AvgIpc) is 3.08. The molecule has 1 aromatic heterocycles. The molecule has 0 saturated heterocycles. The molecule has 1 aliphatic rings. The van der Waals surface area contributed by atoms with Crippen LogP contribution in [0.5, 0.6) is 0 Å². The summed E-state index contributed by atoms with van der Waals surface area (Å²) in [5, 5.41) is 3.99. The molecular weight excluding hydrogens is 328 g/mol. The molecule has 0 atom stereocenters. The second-order valence-corrected chi connectivity index (χ2v) is 7.45. The van der Waals surface area contributed by atoms with E-state index in [2.05, 4.69) is 41.5 Å². The Morgan fingerprint density at radius 2 is 2.00 bits per heavy atom. The molecule has 0 spiro atoms. The molecule has 0 saturated carbocycles. The van der Waals surface area contributed by atoms with Gasteiger partial charge in [-0.3, -0.25) is 4.79 Å². The number of ketones is 1. The number of rotatable bonds is 4. The van der Waals surface area contributed by atoms with Crippen LogP contribution in [0.25, 0.3) is 11.1 Å². The molecule has 25 heavy (non-hydrogen) atoms. The van der Waals surface area contributed by atoms with Crippen LogP contribution >= 0.6 is 11.3 Å². The van der Waals surface area contributed by atoms with Gasteiger partial charge in [0.05, 0.1) is 5.69 Å². The van der Waals surface area contributed by atoms with Gasteiger partial charge in [0.25, 0.3) is 0 Å². The van der Waals surface area contributed by atoms with Gasteiger partial charge in [-0.25, -0.2) is 4.98 Å². The van der Waals surface area contributed by atoms with E-state index in [9.17, 15) is 4.79 Å². The molecule has 2 heterocycles. The lowest BCUT2D eigenvalue weighted by Crippen LogP contribution is -2.22. The van der Waals surface area contributed by atoms with Gasteiger partial charge >= 0.3 is 0 Å². The standard InChI is InChI=1S/C21H20N2OS/c1-14-16(8-5-9-17(14)15-6-3-2-4-7-15)12-19(24)21-23-18-10-11-22-13-20(18)25-21/h2-9,22H,10-13H2,1H3. The van der Waals surface area contributed by atoms with E-state index in [0.717, 1.165) is 30.8 Å². The van der Waals surface area contributed by atoms with Crippen LogP contribution in [-0.2, 0) is 19.4 Å². The van der Waals surface area contributed by atoms with Crippen LogP contribution in [0.1, 0.15) is 31.5 Å². The first-order chi connectivity index (χ1) is 12.2. The Labute approximate surface area is 151 Å². The van der Waals surface area contributed by atoms with Crippen molar-refractivity contribution in [2.75, 3.05) is 6.54 Å². The van der Waals surface area contributed by atoms with Crippen LogP contribution < -0.4 is 5.32 Å². The fourth-order valence-electron chi connectivity index (χ4n) is 3.30. The maximum atomic E-state index is 12.8. The zero-order valence-corrected chi connectivity index (χ0v) is 15.0. The van der Waals surface area contributed by atoms with E-state index in [1.807, 2.05) is 24.3 Å². The van der Waals surface area contributed by atoms with Crippen LogP contribution in [0.4, 0.5) is 0 Å². The van der Waals surface area contributed by atoms with Crippen LogP contribution in [-0.4, -0.2) is 17.3 Å². The number of nitrogens with one attached hydrogen (secondary N) is 1. The summed E-state index contributed by atoms with van der Waals surface area (Å²) in [6.07, 6.45) is 1.33. The van der Waals surface area contributed by atoms with Gasteiger partial charge in [-0.15, -0.1) is 11.3 Å². The molecule has 0 unspecified atom stereocenters. The first-order valence-electron chi connectivity index (χ1n) is 8.59. The van der Waals surface area contributed by atoms with E-state index in [1.54, 1.807) is 11.3 Å². The van der Waals surface area contributed by atoms with Crippen molar-refractivity contribution in [2.24, 2.45) is 0 Å². The number of carbonyl (C=O) groups is 1. The number of fused-ring (bicyclic) bond motifs is 1. The monoisotopic (exact) mass is 348 g/mol. The number of aromatic nitrogens is 1. The highest BCUT2D eigenvalue weighted by molar-refractivity contribution is 7.13. The van der Waals surface area contributed by atoms with Crippen molar-refractivity contribution >= 4 is 17.1 Å². The van der Waals surface area contributed by atoms with E-state index in [0.29, 0.717) is 11.4 Å². The number of hydrogen-bond donors (Lipinski definition) is 1. The van der Waals surface area contributed by atoms with E-state index in [4.69, 9.17) is 0 Å². The van der Waals surface area contributed by atoms with E-state index in [-0.39, 0.29) is 5.78 Å². The van der Waals surface area contributed by atoms with Crippen LogP contribution in [0.15, 0.2) is 48.5 Å². The fourth-order valence-corrected chi connectivity index (χ4v) is 4.31. The van der Waals surface area contributed by atoms with Crippen molar-refractivity contribution in [1.82, 2.24) is 10.3 Å². The Kier molecular flexibility index (Phi) is 4.47. The fraction of sp³-hybridized carbons (Fsp3) is 0.238. The van der Waals surface area contributed by atoms with Gasteiger partial charge in [0.1, 0.15) is 0 Å². The van der Waals surface area contributed by atoms with Gasteiger partial charge in [-0.05, 0) is 29.2 Å². The average molecular weight is 348 g/mol. The predicted molar refractivity (Wildman–Crippen MR) is 102 cm³/mol. The molecule has 0 fully saturated rings. The van der Waals surface area contributed by atoms with Crippen LogP contribution in [0, 0.1) is 6.92 Å². The van der Waals surface area contributed by atoms with Gasteiger partial charge < -0.3 is 5.32 Å². The first-order valence-corrected chi connectivity index (χ1v) is 9.40. The zero-order chi connectivity index (χ0) is 17.2. The molecule has 3 nitrogen and oxygen atoms in total. The largest absolute Gasteiger partial charge is 0.311 e. The summed E-state index contributed by atoms with van der Waals surface area (Å²) in [6, 6.07) is 16.5. The minimum Gasteiger partial charge on any atom is -0.311 e. The van der Waals surface area contributed by atoms with Crippen molar-refractivity contribution < 1.29 is 4.79 Å². The maximum absolute atomic E-state index is 12.8. The molecule has 2 aromatic carbocycles. The summed E-state index contributed by atoms with van der Waals surface area (Å²) in [5.41, 5.74) is 5.73. The van der Waals surface area contributed by atoms with Crippen molar-refractivity contribution in [3.8, 4) is 11.1 Å². The first kappa shape index (κ1) is 16.2. The van der Waals surface area contributed by atoms with E-state index < -0.39 is 0 Å². The molecule has 126 valence electrons. The van der Waals surface area contributed by atoms with Gasteiger partial charge in [0, 0.05) is 30.8 Å². The number of thiazole rings is 1. The molecule has 0 radical (unpaired) electrons. The minimum absolute atomic E-state index is 0.118. The van der Waals surface area contributed by atoms with Gasteiger partial charge in [-0.2, -0.15) is 0 Å². The Balaban J connectivity index is 1.60. The highest BCUT2D eigenvalue weighted by Crippen LogP contribution is 2.27. The highest BCUT2D eigenvalue weighted by atomic mass is 32.1. The minimum atomic E-state index is 0.118. The zero-order valence-electron chi connectivity index (χ0n) is 14.2. The summed E-state index contributed by atoms with van der Waals surface area (Å²) >= 11 is 1.55. The smallest absolute Gasteiger partial charge is 0.195 e. The second kappa shape index (κ2) is 6.90. The molecule has 4 rings (SSSR count). The predicted octanol–water partition coefficient (Wildman–Crippen LogP) is 4.19. The highest BCUT2D eigenvalue weighted by Gasteiger charge is 2.20. The lowest BCUT2D eigenvalue weighted by atomic mass is 9.94. The van der Waals surface area contributed by atoms with Gasteiger partial charge in [-0.1, -0.05) is 48.5 Å². The quantitative estimate of drug-likeness (QED) is 0.719. The molecule has 4 heteroatoms. The number of carbonyl (C=O) groups excluding carboxylic acids is 1. The van der Waals surface area contributed by atoms with Crippen LogP contribution in [0.2, 0.25) is 0 Å².